The quantitative estimate of drug-likeness (QED) is 0.783. The van der Waals surface area contributed by atoms with Gasteiger partial charge in [-0.2, -0.15) is 0 Å². The molecule has 0 bridgehead atoms. The van der Waals surface area contributed by atoms with E-state index in [1.807, 2.05) is 45.0 Å². The van der Waals surface area contributed by atoms with Crippen molar-refractivity contribution in [2.75, 3.05) is 5.32 Å². The second kappa shape index (κ2) is 6.26. The van der Waals surface area contributed by atoms with Gasteiger partial charge in [-0.05, 0) is 64.2 Å². The Labute approximate surface area is 131 Å². The number of amides is 1. The summed E-state index contributed by atoms with van der Waals surface area (Å²) in [6.45, 7) is 5.47. The number of aliphatic hydroxyl groups is 1. The molecule has 1 aliphatic rings. The van der Waals surface area contributed by atoms with Gasteiger partial charge in [0, 0.05) is 11.2 Å². The first-order valence-corrected chi connectivity index (χ1v) is 7.75. The van der Waals surface area contributed by atoms with E-state index in [9.17, 15) is 9.90 Å². The van der Waals surface area contributed by atoms with Crippen LogP contribution in [0.15, 0.2) is 24.3 Å². The van der Waals surface area contributed by atoms with Crippen LogP contribution in [0.4, 0.5) is 10.5 Å². The standard InChI is InChI=1S/C17H26N2O3/c1-16(2,3)22-15(21)19-13-6-4-5-12(11-13)17(18)9-7-14(20)8-10-17/h4-6,11,14,20H,7-10,18H2,1-3H3,(H,19,21). The van der Waals surface area contributed by atoms with Crippen LogP contribution in [0.2, 0.25) is 0 Å². The lowest BCUT2D eigenvalue weighted by Gasteiger charge is -2.36. The summed E-state index contributed by atoms with van der Waals surface area (Å²) >= 11 is 0. The molecule has 0 atom stereocenters. The zero-order valence-corrected chi connectivity index (χ0v) is 13.6. The summed E-state index contributed by atoms with van der Waals surface area (Å²) in [5.74, 6) is 0. The SMILES string of the molecule is CC(C)(C)OC(=O)Nc1cccc(C2(N)CCC(O)CC2)c1. The molecule has 2 rings (SSSR count). The lowest BCUT2D eigenvalue weighted by atomic mass is 9.76. The van der Waals surface area contributed by atoms with Crippen molar-refractivity contribution in [1.29, 1.82) is 0 Å². The van der Waals surface area contributed by atoms with Crippen molar-refractivity contribution in [3.05, 3.63) is 29.8 Å². The largest absolute Gasteiger partial charge is 0.444 e. The predicted molar refractivity (Wildman–Crippen MR) is 86.6 cm³/mol. The summed E-state index contributed by atoms with van der Waals surface area (Å²) in [6, 6.07) is 7.55. The van der Waals surface area contributed by atoms with E-state index in [0.717, 1.165) is 18.4 Å². The Morgan fingerprint density at radius 2 is 2.00 bits per heavy atom. The van der Waals surface area contributed by atoms with Gasteiger partial charge < -0.3 is 15.6 Å². The second-order valence-corrected chi connectivity index (χ2v) is 7.10. The molecule has 22 heavy (non-hydrogen) atoms. The van der Waals surface area contributed by atoms with Gasteiger partial charge in [0.1, 0.15) is 5.60 Å². The van der Waals surface area contributed by atoms with Crippen molar-refractivity contribution in [3.63, 3.8) is 0 Å². The molecule has 4 N–H and O–H groups in total. The Bertz CT molecular complexity index is 529. The molecule has 0 heterocycles. The molecule has 0 aromatic heterocycles. The number of nitrogens with one attached hydrogen (secondary N) is 1. The molecule has 0 radical (unpaired) electrons. The van der Waals surface area contributed by atoms with Crippen molar-refractivity contribution >= 4 is 11.8 Å². The van der Waals surface area contributed by atoms with Crippen LogP contribution in [0, 0.1) is 0 Å². The highest BCUT2D eigenvalue weighted by atomic mass is 16.6. The van der Waals surface area contributed by atoms with E-state index < -0.39 is 17.2 Å². The van der Waals surface area contributed by atoms with Crippen LogP contribution in [0.3, 0.4) is 0 Å². The third-order valence-electron chi connectivity index (χ3n) is 3.93. The lowest BCUT2D eigenvalue weighted by Crippen LogP contribution is -2.41. The Balaban J connectivity index is 2.08. The number of hydrogen-bond donors (Lipinski definition) is 3. The predicted octanol–water partition coefficient (Wildman–Crippen LogP) is 3.12. The number of benzene rings is 1. The zero-order valence-electron chi connectivity index (χ0n) is 13.6. The molecule has 0 saturated heterocycles. The molecule has 0 aliphatic heterocycles. The summed E-state index contributed by atoms with van der Waals surface area (Å²) < 4.78 is 5.25. The minimum Gasteiger partial charge on any atom is -0.444 e. The summed E-state index contributed by atoms with van der Waals surface area (Å²) in [5.41, 5.74) is 7.17. The molecule has 0 unspecified atom stereocenters. The highest BCUT2D eigenvalue weighted by Crippen LogP contribution is 2.35. The van der Waals surface area contributed by atoms with E-state index in [1.54, 1.807) is 0 Å². The molecule has 5 heteroatoms. The van der Waals surface area contributed by atoms with E-state index in [2.05, 4.69) is 5.32 Å². The molecule has 1 amide bonds. The molecule has 1 aliphatic carbocycles. The van der Waals surface area contributed by atoms with Crippen LogP contribution in [0.5, 0.6) is 0 Å². The summed E-state index contributed by atoms with van der Waals surface area (Å²) in [6.07, 6.45) is 2.17. The fourth-order valence-electron chi connectivity index (χ4n) is 2.73. The molecule has 1 fully saturated rings. The molecule has 122 valence electrons. The van der Waals surface area contributed by atoms with E-state index >= 15 is 0 Å². The summed E-state index contributed by atoms with van der Waals surface area (Å²) in [4.78, 5) is 11.8. The van der Waals surface area contributed by atoms with Gasteiger partial charge in [0.05, 0.1) is 6.10 Å². The Morgan fingerprint density at radius 1 is 1.36 bits per heavy atom. The van der Waals surface area contributed by atoms with Crippen molar-refractivity contribution in [2.24, 2.45) is 5.73 Å². The number of aliphatic hydroxyl groups excluding tert-OH is 1. The monoisotopic (exact) mass is 306 g/mol. The molecular weight excluding hydrogens is 280 g/mol. The minimum atomic E-state index is -0.531. The number of anilines is 1. The minimum absolute atomic E-state index is 0.250. The van der Waals surface area contributed by atoms with E-state index in [0.29, 0.717) is 18.5 Å². The maximum Gasteiger partial charge on any atom is 0.412 e. The van der Waals surface area contributed by atoms with Gasteiger partial charge in [0.25, 0.3) is 0 Å². The van der Waals surface area contributed by atoms with Crippen molar-refractivity contribution in [2.45, 2.75) is 63.7 Å². The van der Waals surface area contributed by atoms with Gasteiger partial charge >= 0.3 is 6.09 Å². The fraction of sp³-hybridized carbons (Fsp3) is 0.588. The highest BCUT2D eigenvalue weighted by molar-refractivity contribution is 5.85. The van der Waals surface area contributed by atoms with E-state index in [-0.39, 0.29) is 6.10 Å². The Hall–Kier alpha value is -1.59. The van der Waals surface area contributed by atoms with Crippen molar-refractivity contribution < 1.29 is 14.6 Å². The van der Waals surface area contributed by atoms with Crippen LogP contribution in [-0.4, -0.2) is 22.9 Å². The summed E-state index contributed by atoms with van der Waals surface area (Å²) in [5, 5.41) is 12.4. The fourth-order valence-corrected chi connectivity index (χ4v) is 2.73. The smallest absolute Gasteiger partial charge is 0.412 e. The third-order valence-corrected chi connectivity index (χ3v) is 3.93. The number of nitrogens with two attached hydrogens (primary N) is 1. The first-order chi connectivity index (χ1) is 10.2. The van der Waals surface area contributed by atoms with Gasteiger partial charge in [-0.25, -0.2) is 4.79 Å². The van der Waals surface area contributed by atoms with Gasteiger partial charge in [0.15, 0.2) is 0 Å². The van der Waals surface area contributed by atoms with Gasteiger partial charge in [0.2, 0.25) is 0 Å². The highest BCUT2D eigenvalue weighted by Gasteiger charge is 2.32. The topological polar surface area (TPSA) is 84.6 Å². The molecule has 5 nitrogen and oxygen atoms in total. The van der Waals surface area contributed by atoms with Crippen molar-refractivity contribution in [3.8, 4) is 0 Å². The van der Waals surface area contributed by atoms with E-state index in [4.69, 9.17) is 10.5 Å². The van der Waals surface area contributed by atoms with Gasteiger partial charge in [-0.3, -0.25) is 5.32 Å². The van der Waals surface area contributed by atoms with Crippen LogP contribution in [-0.2, 0) is 10.3 Å². The third kappa shape index (κ3) is 4.45. The number of carbonyl (C=O) groups excluding carboxylic acids is 1. The average Bonchev–Trinajstić information content (AvgIpc) is 2.40. The van der Waals surface area contributed by atoms with Crippen LogP contribution >= 0.6 is 0 Å². The molecule has 0 spiro atoms. The van der Waals surface area contributed by atoms with Crippen molar-refractivity contribution in [1.82, 2.24) is 0 Å². The first kappa shape index (κ1) is 16.8. The first-order valence-electron chi connectivity index (χ1n) is 7.75. The van der Waals surface area contributed by atoms with Gasteiger partial charge in [-0.15, -0.1) is 0 Å². The molecule has 1 saturated carbocycles. The van der Waals surface area contributed by atoms with Crippen LogP contribution in [0.25, 0.3) is 0 Å². The maximum atomic E-state index is 11.8. The molecule has 1 aromatic carbocycles. The second-order valence-electron chi connectivity index (χ2n) is 7.10. The number of hydrogen-bond acceptors (Lipinski definition) is 4. The molecule has 1 aromatic rings. The Kier molecular flexibility index (Phi) is 4.78. The molecular formula is C17H26N2O3. The number of rotatable bonds is 2. The maximum absolute atomic E-state index is 11.8. The number of ether oxygens (including phenoxy) is 1. The normalized spacial score (nSPS) is 25.6. The van der Waals surface area contributed by atoms with Crippen LogP contribution < -0.4 is 11.1 Å². The Morgan fingerprint density at radius 3 is 2.59 bits per heavy atom. The summed E-state index contributed by atoms with van der Waals surface area (Å²) in [7, 11) is 0. The van der Waals surface area contributed by atoms with E-state index in [1.165, 1.54) is 0 Å². The van der Waals surface area contributed by atoms with Crippen LogP contribution in [0.1, 0.15) is 52.0 Å². The number of carbonyl (C=O) groups is 1. The zero-order chi connectivity index (χ0) is 16.4. The lowest BCUT2D eigenvalue weighted by molar-refractivity contribution is 0.0636. The average molecular weight is 306 g/mol. The van der Waals surface area contributed by atoms with Gasteiger partial charge in [-0.1, -0.05) is 12.1 Å².